The first-order valence-electron chi connectivity index (χ1n) is 27.2. The van der Waals surface area contributed by atoms with Gasteiger partial charge in [-0.3, -0.25) is 0 Å². The quantitative estimate of drug-likeness (QED) is 0.0509. The first-order valence-corrected chi connectivity index (χ1v) is 36.2. The van der Waals surface area contributed by atoms with E-state index in [1.54, 1.807) is 7.11 Å². The molecular weight excluding hydrogens is 977 g/mol. The van der Waals surface area contributed by atoms with E-state index in [0.717, 1.165) is 60.9 Å². The van der Waals surface area contributed by atoms with E-state index in [1.165, 1.54) is 30.4 Å². The Labute approximate surface area is 450 Å². The molecule has 2 aliphatic heterocycles. The van der Waals surface area contributed by atoms with Crippen molar-refractivity contribution in [3.8, 4) is 18.1 Å². The first-order chi connectivity index (χ1) is 32.9. The van der Waals surface area contributed by atoms with E-state index in [0.29, 0.717) is 41.0 Å². The molecule has 1 aliphatic carbocycles. The van der Waals surface area contributed by atoms with E-state index in [2.05, 4.69) is 193 Å². The molecule has 0 unspecified atom stereocenters. The molecule has 70 heavy (non-hydrogen) atoms. The van der Waals surface area contributed by atoms with Crippen LogP contribution in [0.1, 0.15) is 154 Å². The van der Waals surface area contributed by atoms with Crippen molar-refractivity contribution in [1.29, 1.82) is 0 Å². The molecule has 1 saturated carbocycles. The van der Waals surface area contributed by atoms with Crippen molar-refractivity contribution in [2.24, 2.45) is 29.6 Å². The number of terminal acetylenes is 1. The highest BCUT2D eigenvalue weighted by atomic mass is 32.2. The zero-order chi connectivity index (χ0) is 52.2. The zero-order valence-corrected chi connectivity index (χ0v) is 53.0. The number of methoxy groups -OCH3 is 3. The summed E-state index contributed by atoms with van der Waals surface area (Å²) in [4.78, 5) is 0. The molecule has 3 aliphatic rings. The summed E-state index contributed by atoms with van der Waals surface area (Å²) in [5.41, 5.74) is 4.13. The van der Waals surface area contributed by atoms with Crippen molar-refractivity contribution in [1.82, 2.24) is 0 Å². The highest BCUT2D eigenvalue weighted by Gasteiger charge is 2.54. The second-order valence-corrected chi connectivity index (χ2v) is 40.3. The lowest BCUT2D eigenvalue weighted by Gasteiger charge is -2.51. The van der Waals surface area contributed by atoms with E-state index in [9.17, 15) is 0 Å². The molecule has 0 bridgehead atoms. The van der Waals surface area contributed by atoms with Crippen LogP contribution in [-0.2, 0) is 29.7 Å². The Morgan fingerprint density at radius 3 is 1.90 bits per heavy atom. The summed E-state index contributed by atoms with van der Waals surface area (Å²) in [6.45, 7) is 38.8. The van der Waals surface area contributed by atoms with Crippen molar-refractivity contribution in [2.75, 3.05) is 44.3 Å². The monoisotopic (exact) mass is 1080 g/mol. The normalized spacial score (nSPS) is 24.7. The minimum absolute atomic E-state index is 0.0397. The Morgan fingerprint density at radius 1 is 0.829 bits per heavy atom. The molecule has 2 saturated heterocycles. The number of benzene rings is 1. The van der Waals surface area contributed by atoms with Crippen molar-refractivity contribution in [3.05, 3.63) is 41.5 Å². The third-order valence-electron chi connectivity index (χ3n) is 17.1. The maximum atomic E-state index is 7.71. The smallest absolute Gasteiger partial charge is 0.200 e. The second-order valence-electron chi connectivity index (χ2n) is 24.0. The van der Waals surface area contributed by atoms with Crippen LogP contribution in [0.25, 0.3) is 0 Å². The number of hydrogen-bond acceptors (Lipinski definition) is 10. The molecule has 0 aromatic heterocycles. The standard InChI is InChI=1S/C58H102O6S4Si2/c1-21-43(8)34-47(12)58(67-32-23-33-68-58)55(61-18)54(64-69(19,20)56(13,14)15)45(10)35-46(11)57(65-30-22-31-66-57)38-53(62-39-48-24-27-50(59-16)28-25-48)44(9)36-49-26-29-51(52(37-49)60-17)63-70(40(2)3,41(4)5)42(6)7/h1,24-25,27-28,35,40-44,46-47,49,51-55H,22-23,26,29-34,36-39H2,2-20H3/b45-35+/t43-,44-,46-,47-,49+,51-,52-,53+,54-,55-/m1/s1. The Balaban J connectivity index is 1.73. The van der Waals surface area contributed by atoms with Crippen molar-refractivity contribution >= 4 is 63.7 Å². The van der Waals surface area contributed by atoms with Gasteiger partial charge in [0.25, 0.3) is 0 Å². The number of allylic oxidation sites excluding steroid dienone is 1. The third-order valence-corrected chi connectivity index (χ3v) is 35.3. The molecule has 0 spiro atoms. The third kappa shape index (κ3) is 15.6. The average molecular weight is 1080 g/mol. The van der Waals surface area contributed by atoms with Gasteiger partial charge in [-0.1, -0.05) is 108 Å². The molecule has 402 valence electrons. The zero-order valence-electron chi connectivity index (χ0n) is 47.7. The van der Waals surface area contributed by atoms with Gasteiger partial charge in [0.15, 0.2) is 8.32 Å². The summed E-state index contributed by atoms with van der Waals surface area (Å²) in [5, 5.41) is 0.0397. The summed E-state index contributed by atoms with van der Waals surface area (Å²) < 4.78 is 41.0. The maximum absolute atomic E-state index is 7.71. The van der Waals surface area contributed by atoms with Crippen LogP contribution >= 0.6 is 47.0 Å². The Morgan fingerprint density at radius 2 is 1.40 bits per heavy atom. The van der Waals surface area contributed by atoms with Gasteiger partial charge >= 0.3 is 0 Å². The van der Waals surface area contributed by atoms with E-state index in [-0.39, 0.29) is 55.6 Å². The molecule has 10 atom stereocenters. The van der Waals surface area contributed by atoms with Gasteiger partial charge in [0.2, 0.25) is 8.32 Å². The Hall–Kier alpha value is -0.0462. The van der Waals surface area contributed by atoms with Gasteiger partial charge < -0.3 is 27.8 Å². The van der Waals surface area contributed by atoms with E-state index in [1.807, 2.05) is 14.2 Å². The van der Waals surface area contributed by atoms with Crippen LogP contribution in [0.5, 0.6) is 5.75 Å². The van der Waals surface area contributed by atoms with Crippen LogP contribution in [0.2, 0.25) is 34.8 Å². The predicted molar refractivity (Wildman–Crippen MR) is 316 cm³/mol. The van der Waals surface area contributed by atoms with Crippen molar-refractivity contribution < 1.29 is 27.8 Å². The minimum Gasteiger partial charge on any atom is -0.497 e. The fourth-order valence-corrected chi connectivity index (χ4v) is 26.2. The summed E-state index contributed by atoms with van der Waals surface area (Å²) in [5.74, 6) is 10.2. The molecule has 0 N–H and O–H groups in total. The second kappa shape index (κ2) is 27.8. The lowest BCUT2D eigenvalue weighted by molar-refractivity contribution is -0.0556. The molecule has 3 fully saturated rings. The van der Waals surface area contributed by atoms with Gasteiger partial charge in [-0.2, -0.15) is 0 Å². The van der Waals surface area contributed by atoms with Gasteiger partial charge in [-0.05, 0) is 163 Å². The summed E-state index contributed by atoms with van der Waals surface area (Å²) >= 11 is 8.56. The Bertz CT molecular complexity index is 1740. The molecular formula is C58H102O6S4Si2. The summed E-state index contributed by atoms with van der Waals surface area (Å²) in [7, 11) is 1.27. The van der Waals surface area contributed by atoms with Crippen LogP contribution in [0, 0.1) is 41.9 Å². The lowest BCUT2D eigenvalue weighted by Crippen LogP contribution is -2.56. The van der Waals surface area contributed by atoms with E-state index < -0.39 is 16.6 Å². The van der Waals surface area contributed by atoms with Crippen molar-refractivity contribution in [3.63, 3.8) is 0 Å². The molecule has 0 amide bonds. The number of rotatable bonds is 26. The molecule has 2 heterocycles. The number of hydrogen-bond donors (Lipinski definition) is 0. The number of thioether (sulfide) groups is 4. The van der Waals surface area contributed by atoms with Crippen LogP contribution in [0.15, 0.2) is 35.9 Å². The SMILES string of the molecule is C#C[C@@H](C)C[C@@H](C)C1([C@H](OC)[C@H](O[Si](C)(C)C(C)(C)C)/C(C)=C/[C@@H](C)C2(C[C@H](OCc3ccc(OC)cc3)[C@H](C)C[C@@H]3CC[C@@H](O[Si](C(C)C)(C(C)C)C(C)C)[C@H](OC)C3)SCCCS2)SCCCS1. The molecule has 0 radical (unpaired) electrons. The van der Waals surface area contributed by atoms with Gasteiger partial charge in [0, 0.05) is 20.1 Å². The largest absolute Gasteiger partial charge is 0.497 e. The van der Waals surface area contributed by atoms with E-state index >= 15 is 0 Å². The van der Waals surface area contributed by atoms with Gasteiger partial charge in [0.1, 0.15) is 11.9 Å². The fourth-order valence-electron chi connectivity index (χ4n) is 12.0. The molecule has 1 aromatic carbocycles. The highest BCUT2D eigenvalue weighted by molar-refractivity contribution is 8.19. The molecule has 4 rings (SSSR count). The lowest BCUT2D eigenvalue weighted by atomic mass is 9.78. The van der Waals surface area contributed by atoms with Crippen molar-refractivity contribution in [2.45, 2.75) is 228 Å². The van der Waals surface area contributed by atoms with Crippen LogP contribution in [0.4, 0.5) is 0 Å². The van der Waals surface area contributed by atoms with Gasteiger partial charge in [-0.15, -0.1) is 59.4 Å². The first kappa shape index (κ1) is 62.5. The van der Waals surface area contributed by atoms with E-state index in [4.69, 9.17) is 34.2 Å². The average Bonchev–Trinajstić information content (AvgIpc) is 3.31. The summed E-state index contributed by atoms with van der Waals surface area (Å²) in [6.07, 6.45) is 17.4. The molecule has 12 heteroatoms. The minimum atomic E-state index is -2.27. The van der Waals surface area contributed by atoms with Crippen LogP contribution in [0.3, 0.4) is 0 Å². The molecule has 6 nitrogen and oxygen atoms in total. The molecule has 1 aromatic rings. The summed E-state index contributed by atoms with van der Waals surface area (Å²) in [6, 6.07) is 8.44. The fraction of sp³-hybridized carbons (Fsp3) is 0.828. The Kier molecular flexibility index (Phi) is 24.9. The topological polar surface area (TPSA) is 55.4 Å². The van der Waals surface area contributed by atoms with Gasteiger partial charge in [-0.25, -0.2) is 0 Å². The maximum Gasteiger partial charge on any atom is 0.200 e. The van der Waals surface area contributed by atoms with Crippen LogP contribution < -0.4 is 4.74 Å². The number of ether oxygens (including phenoxy) is 4. The van der Waals surface area contributed by atoms with Gasteiger partial charge in [0.05, 0.1) is 46.3 Å². The predicted octanol–water partition coefficient (Wildman–Crippen LogP) is 16.8. The highest BCUT2D eigenvalue weighted by Crippen LogP contribution is 2.57. The van der Waals surface area contributed by atoms with Crippen LogP contribution in [-0.4, -0.2) is 99.7 Å².